The van der Waals surface area contributed by atoms with E-state index in [0.717, 1.165) is 41.7 Å². The summed E-state index contributed by atoms with van der Waals surface area (Å²) in [6.07, 6.45) is 5.71. The van der Waals surface area contributed by atoms with E-state index in [2.05, 4.69) is 58.3 Å². The van der Waals surface area contributed by atoms with E-state index in [4.69, 9.17) is 10.00 Å². The Kier molecular flexibility index (Phi) is 5.61. The highest BCUT2D eigenvalue weighted by atomic mass is 127. The summed E-state index contributed by atoms with van der Waals surface area (Å²) in [7, 11) is 0. The number of aromatic nitrogens is 4. The Bertz CT molecular complexity index is 836. The van der Waals surface area contributed by atoms with Crippen molar-refractivity contribution < 1.29 is 4.74 Å². The Morgan fingerprint density at radius 1 is 1.26 bits per heavy atom. The number of halogens is 1. The molecule has 10 heteroatoms. The van der Waals surface area contributed by atoms with Gasteiger partial charge in [0.05, 0.1) is 30.8 Å². The molecule has 2 aromatic heterocycles. The summed E-state index contributed by atoms with van der Waals surface area (Å²) in [5, 5.41) is 23.6. The first-order valence-corrected chi connectivity index (χ1v) is 9.91. The van der Waals surface area contributed by atoms with Crippen LogP contribution in [0.3, 0.4) is 0 Å². The second kappa shape index (κ2) is 8.28. The van der Waals surface area contributed by atoms with Crippen LogP contribution in [-0.4, -0.2) is 63.5 Å². The molecule has 9 nitrogen and oxygen atoms in total. The van der Waals surface area contributed by atoms with E-state index in [1.165, 1.54) is 25.2 Å². The average Bonchev–Trinajstić information content (AvgIpc) is 3.55. The highest BCUT2D eigenvalue weighted by Gasteiger charge is 2.32. The van der Waals surface area contributed by atoms with E-state index in [1.807, 2.05) is 12.1 Å². The molecule has 1 aliphatic carbocycles. The van der Waals surface area contributed by atoms with E-state index < -0.39 is 0 Å². The Hall–Kier alpha value is -2.10. The van der Waals surface area contributed by atoms with Gasteiger partial charge in [0.1, 0.15) is 15.6 Å². The van der Waals surface area contributed by atoms with E-state index in [0.29, 0.717) is 11.6 Å². The highest BCUT2D eigenvalue weighted by molar-refractivity contribution is 14.1. The third kappa shape index (κ3) is 4.79. The largest absolute Gasteiger partial charge is 0.380 e. The molecule has 4 rings (SSSR count). The van der Waals surface area contributed by atoms with Gasteiger partial charge in [0.25, 0.3) is 0 Å². The fourth-order valence-corrected chi connectivity index (χ4v) is 3.46. The van der Waals surface area contributed by atoms with Gasteiger partial charge in [-0.1, -0.05) is 0 Å². The van der Waals surface area contributed by atoms with Crippen LogP contribution < -0.4 is 10.6 Å². The van der Waals surface area contributed by atoms with Gasteiger partial charge >= 0.3 is 0 Å². The fourth-order valence-electron chi connectivity index (χ4n) is 3.00. The summed E-state index contributed by atoms with van der Waals surface area (Å²) in [4.78, 5) is 10.6. The Morgan fingerprint density at radius 3 is 2.89 bits per heavy atom. The minimum absolute atomic E-state index is 0.170. The van der Waals surface area contributed by atoms with Gasteiger partial charge in [0.15, 0.2) is 11.5 Å². The molecule has 0 bridgehead atoms. The van der Waals surface area contributed by atoms with Crippen molar-refractivity contribution in [1.29, 1.82) is 5.26 Å². The molecular weight excluding hydrogens is 459 g/mol. The Morgan fingerprint density at radius 2 is 2.15 bits per heavy atom. The van der Waals surface area contributed by atoms with Gasteiger partial charge in [-0.3, -0.25) is 4.90 Å². The average molecular weight is 478 g/mol. The summed E-state index contributed by atoms with van der Waals surface area (Å²) in [5.74, 6) is 1.06. The van der Waals surface area contributed by atoms with Crippen LogP contribution in [0.2, 0.25) is 0 Å². The number of nitrogens with zero attached hydrogens (tertiary/aromatic N) is 6. The van der Waals surface area contributed by atoms with Crippen molar-refractivity contribution in [3.05, 3.63) is 27.9 Å². The molecule has 1 atom stereocenters. The molecule has 1 saturated carbocycles. The predicted molar refractivity (Wildman–Crippen MR) is 108 cm³/mol. The fraction of sp³-hybridized carbons (Fsp3) is 0.471. The van der Waals surface area contributed by atoms with Crippen molar-refractivity contribution in [2.45, 2.75) is 25.0 Å². The molecule has 0 aromatic carbocycles. The van der Waals surface area contributed by atoms with Crippen LogP contribution >= 0.6 is 22.6 Å². The van der Waals surface area contributed by atoms with Crippen LogP contribution in [0, 0.1) is 15.0 Å². The van der Waals surface area contributed by atoms with Crippen LogP contribution in [0.5, 0.6) is 0 Å². The summed E-state index contributed by atoms with van der Waals surface area (Å²) in [6.45, 7) is 3.52. The maximum Gasteiger partial charge on any atom is 0.158 e. The lowest BCUT2D eigenvalue weighted by molar-refractivity contribution is -0.0241. The van der Waals surface area contributed by atoms with Crippen molar-refractivity contribution in [2.24, 2.45) is 0 Å². The van der Waals surface area contributed by atoms with Crippen LogP contribution in [0.25, 0.3) is 0 Å². The van der Waals surface area contributed by atoms with E-state index in [9.17, 15) is 0 Å². The lowest BCUT2D eigenvalue weighted by Crippen LogP contribution is -2.46. The number of rotatable bonds is 6. The molecule has 3 heterocycles. The predicted octanol–water partition coefficient (Wildman–Crippen LogP) is 1.76. The monoisotopic (exact) mass is 478 g/mol. The zero-order chi connectivity index (χ0) is 18.6. The van der Waals surface area contributed by atoms with Crippen LogP contribution in [0.4, 0.5) is 17.3 Å². The van der Waals surface area contributed by atoms with Gasteiger partial charge in [-0.2, -0.15) is 5.26 Å². The van der Waals surface area contributed by atoms with E-state index in [1.54, 1.807) is 0 Å². The van der Waals surface area contributed by atoms with Gasteiger partial charge in [-0.25, -0.2) is 9.97 Å². The van der Waals surface area contributed by atoms with Crippen LogP contribution in [0.1, 0.15) is 18.5 Å². The topological polar surface area (TPSA) is 112 Å². The summed E-state index contributed by atoms with van der Waals surface area (Å²) in [5.41, 5.74) is 1.16. The lowest BCUT2D eigenvalue weighted by atomic mass is 10.2. The van der Waals surface area contributed by atoms with Crippen molar-refractivity contribution in [3.8, 4) is 6.07 Å². The first-order chi connectivity index (χ1) is 13.2. The normalized spacial score (nSPS) is 20.1. The first kappa shape index (κ1) is 18.3. The Balaban J connectivity index is 1.37. The summed E-state index contributed by atoms with van der Waals surface area (Å²) >= 11 is 2.16. The van der Waals surface area contributed by atoms with Gasteiger partial charge in [-0.05, 0) is 35.4 Å². The number of hydrogen-bond donors (Lipinski definition) is 2. The second-order valence-corrected chi connectivity index (χ2v) is 7.58. The number of hydrogen-bond acceptors (Lipinski definition) is 9. The standard InChI is InChI=1S/C17H19IN8O/c18-17-14(21-8-13-10-26(3-4-27-13)12-1-2-12)5-15(24-25-17)23-16-9-20-11(6-19)7-22-16/h5,7,9,12-13H,1-4,8,10H2,(H2,21,22,23,24). The van der Waals surface area contributed by atoms with E-state index in [-0.39, 0.29) is 11.8 Å². The lowest BCUT2D eigenvalue weighted by Gasteiger charge is -2.33. The van der Waals surface area contributed by atoms with Gasteiger partial charge in [-0.15, -0.1) is 10.2 Å². The smallest absolute Gasteiger partial charge is 0.158 e. The minimum Gasteiger partial charge on any atom is -0.380 e. The van der Waals surface area contributed by atoms with Crippen molar-refractivity contribution in [2.75, 3.05) is 36.9 Å². The summed E-state index contributed by atoms with van der Waals surface area (Å²) < 4.78 is 6.68. The van der Waals surface area contributed by atoms with Crippen molar-refractivity contribution >= 4 is 39.9 Å². The first-order valence-electron chi connectivity index (χ1n) is 8.83. The third-order valence-corrected chi connectivity index (χ3v) is 5.32. The highest BCUT2D eigenvalue weighted by Crippen LogP contribution is 2.28. The molecule has 2 fully saturated rings. The number of nitriles is 1. The molecule has 140 valence electrons. The van der Waals surface area contributed by atoms with Gasteiger partial charge < -0.3 is 15.4 Å². The van der Waals surface area contributed by atoms with Crippen molar-refractivity contribution in [1.82, 2.24) is 25.1 Å². The van der Waals surface area contributed by atoms with E-state index >= 15 is 0 Å². The molecular formula is C17H19IN8O. The zero-order valence-corrected chi connectivity index (χ0v) is 16.8. The third-order valence-electron chi connectivity index (χ3n) is 4.53. The zero-order valence-electron chi connectivity index (χ0n) is 14.6. The molecule has 0 spiro atoms. The van der Waals surface area contributed by atoms with Crippen LogP contribution in [-0.2, 0) is 4.74 Å². The quantitative estimate of drug-likeness (QED) is 0.600. The SMILES string of the molecule is N#Cc1cnc(Nc2cc(NCC3CN(C4CC4)CCO3)c(I)nn2)cn1. The van der Waals surface area contributed by atoms with Crippen molar-refractivity contribution in [3.63, 3.8) is 0 Å². The summed E-state index contributed by atoms with van der Waals surface area (Å²) in [6, 6.07) is 4.59. The number of nitrogens with one attached hydrogen (secondary N) is 2. The molecule has 1 unspecified atom stereocenters. The van der Waals surface area contributed by atoms with Gasteiger partial charge in [0, 0.05) is 31.7 Å². The molecule has 27 heavy (non-hydrogen) atoms. The molecule has 2 N–H and O–H groups in total. The molecule has 0 amide bonds. The maximum absolute atomic E-state index is 8.78. The second-order valence-electron chi connectivity index (χ2n) is 6.56. The molecule has 2 aliphatic rings. The molecule has 1 aliphatic heterocycles. The number of morpholine rings is 1. The molecule has 1 saturated heterocycles. The number of ether oxygens (including phenoxy) is 1. The van der Waals surface area contributed by atoms with Gasteiger partial charge in [0.2, 0.25) is 0 Å². The molecule has 2 aromatic rings. The maximum atomic E-state index is 8.78. The number of anilines is 3. The molecule has 0 radical (unpaired) electrons. The van der Waals surface area contributed by atoms with Crippen LogP contribution in [0.15, 0.2) is 18.5 Å². The Labute approximate surface area is 170 Å². The minimum atomic E-state index is 0.170.